The average Bonchev–Trinajstić information content (AvgIpc) is 2.35. The number of rotatable bonds is 13. The van der Waals surface area contributed by atoms with Gasteiger partial charge < -0.3 is 0 Å². The van der Waals surface area contributed by atoms with Crippen molar-refractivity contribution in [3.05, 3.63) is 12.2 Å². The van der Waals surface area contributed by atoms with Crippen LogP contribution >= 0.6 is 12.6 Å². The largest absolute Gasteiger partial charge is 0.179 e. The van der Waals surface area contributed by atoms with E-state index >= 15 is 0 Å². The summed E-state index contributed by atoms with van der Waals surface area (Å²) in [7, 11) is 0. The molecule has 0 nitrogen and oxygen atoms in total. The van der Waals surface area contributed by atoms with Crippen LogP contribution in [0.2, 0.25) is 0 Å². The molecule has 0 aromatic carbocycles. The third-order valence-corrected chi connectivity index (χ3v) is 3.49. The zero-order valence-corrected chi connectivity index (χ0v) is 12.7. The van der Waals surface area contributed by atoms with Crippen molar-refractivity contribution in [2.75, 3.05) is 5.75 Å². The van der Waals surface area contributed by atoms with Crippen molar-refractivity contribution in [2.45, 2.75) is 84.0 Å². The van der Waals surface area contributed by atoms with E-state index in [1.165, 1.54) is 77.0 Å². The molecule has 0 atom stereocenters. The quantitative estimate of drug-likeness (QED) is 0.227. The molecule has 0 fully saturated rings. The zero-order chi connectivity index (χ0) is 12.6. The van der Waals surface area contributed by atoms with Crippen LogP contribution in [-0.4, -0.2) is 5.75 Å². The first-order valence-electron chi connectivity index (χ1n) is 7.67. The van der Waals surface area contributed by atoms with E-state index in [1.807, 2.05) is 0 Å². The Morgan fingerprint density at radius 2 is 1.12 bits per heavy atom. The van der Waals surface area contributed by atoms with Gasteiger partial charge in [0.2, 0.25) is 0 Å². The van der Waals surface area contributed by atoms with Crippen molar-refractivity contribution in [3.8, 4) is 0 Å². The Hall–Kier alpha value is 0.0900. The fraction of sp³-hybridized carbons (Fsp3) is 0.875. The van der Waals surface area contributed by atoms with Crippen LogP contribution in [0.15, 0.2) is 12.2 Å². The minimum Gasteiger partial charge on any atom is -0.179 e. The van der Waals surface area contributed by atoms with Gasteiger partial charge in [0.15, 0.2) is 0 Å². The van der Waals surface area contributed by atoms with Crippen LogP contribution in [0.4, 0.5) is 0 Å². The molecule has 0 unspecified atom stereocenters. The minimum atomic E-state index is 1.06. The van der Waals surface area contributed by atoms with Crippen molar-refractivity contribution >= 4 is 12.6 Å². The smallest absolute Gasteiger partial charge is 0.00979 e. The molecule has 0 aliphatic rings. The SMILES string of the molecule is CCCCC=CCCCCCCCCCCS. The van der Waals surface area contributed by atoms with Gasteiger partial charge in [-0.25, -0.2) is 0 Å². The summed E-state index contributed by atoms with van der Waals surface area (Å²) in [5.74, 6) is 1.06. The van der Waals surface area contributed by atoms with Crippen LogP contribution in [0.1, 0.15) is 84.0 Å². The molecule has 0 amide bonds. The molecule has 0 spiro atoms. The summed E-state index contributed by atoms with van der Waals surface area (Å²) in [6.45, 7) is 2.25. The molecule has 0 saturated heterocycles. The molecule has 0 aromatic heterocycles. The molecule has 0 aromatic rings. The van der Waals surface area contributed by atoms with Gasteiger partial charge in [-0.1, -0.05) is 70.4 Å². The molecule has 0 N–H and O–H groups in total. The predicted molar refractivity (Wildman–Crippen MR) is 84.1 cm³/mol. The number of allylic oxidation sites excluding steroid dienone is 2. The summed E-state index contributed by atoms with van der Waals surface area (Å²) < 4.78 is 0. The van der Waals surface area contributed by atoms with Crippen LogP contribution in [-0.2, 0) is 0 Å². The van der Waals surface area contributed by atoms with E-state index in [2.05, 4.69) is 31.7 Å². The topological polar surface area (TPSA) is 0 Å². The van der Waals surface area contributed by atoms with E-state index in [1.54, 1.807) is 0 Å². The summed E-state index contributed by atoms with van der Waals surface area (Å²) in [4.78, 5) is 0. The van der Waals surface area contributed by atoms with E-state index < -0.39 is 0 Å². The van der Waals surface area contributed by atoms with Gasteiger partial charge >= 0.3 is 0 Å². The third-order valence-electron chi connectivity index (χ3n) is 3.17. The van der Waals surface area contributed by atoms with Crippen molar-refractivity contribution in [1.82, 2.24) is 0 Å². The molecule has 0 rings (SSSR count). The van der Waals surface area contributed by atoms with Gasteiger partial charge in [0.05, 0.1) is 0 Å². The van der Waals surface area contributed by atoms with Crippen molar-refractivity contribution in [2.24, 2.45) is 0 Å². The average molecular weight is 256 g/mol. The molecular formula is C16H32S. The lowest BCUT2D eigenvalue weighted by Gasteiger charge is -2.00. The molecule has 0 saturated carbocycles. The zero-order valence-electron chi connectivity index (χ0n) is 11.8. The molecule has 0 aliphatic heterocycles. The minimum absolute atomic E-state index is 1.06. The lowest BCUT2D eigenvalue weighted by Crippen LogP contribution is -1.81. The second-order valence-electron chi connectivity index (χ2n) is 4.95. The Balaban J connectivity index is 2.96. The summed E-state index contributed by atoms with van der Waals surface area (Å²) >= 11 is 4.23. The van der Waals surface area contributed by atoms with E-state index in [0.29, 0.717) is 0 Å². The second-order valence-corrected chi connectivity index (χ2v) is 5.40. The van der Waals surface area contributed by atoms with Crippen molar-refractivity contribution in [3.63, 3.8) is 0 Å². The maximum absolute atomic E-state index is 4.23. The highest BCUT2D eigenvalue weighted by molar-refractivity contribution is 7.80. The normalized spacial score (nSPS) is 11.4. The fourth-order valence-corrected chi connectivity index (χ4v) is 2.22. The second kappa shape index (κ2) is 16.1. The molecule has 17 heavy (non-hydrogen) atoms. The summed E-state index contributed by atoms with van der Waals surface area (Å²) in [6, 6.07) is 0. The Morgan fingerprint density at radius 3 is 1.65 bits per heavy atom. The number of unbranched alkanes of at least 4 members (excludes halogenated alkanes) is 10. The van der Waals surface area contributed by atoms with E-state index in [9.17, 15) is 0 Å². The predicted octanol–water partition coefficient (Wildman–Crippen LogP) is 6.17. The third kappa shape index (κ3) is 16.1. The monoisotopic (exact) mass is 256 g/mol. The Kier molecular flexibility index (Phi) is 16.2. The van der Waals surface area contributed by atoms with E-state index in [4.69, 9.17) is 0 Å². The molecule has 0 bridgehead atoms. The van der Waals surface area contributed by atoms with Gasteiger partial charge in [-0.3, -0.25) is 0 Å². The first-order valence-corrected chi connectivity index (χ1v) is 8.31. The van der Waals surface area contributed by atoms with Crippen LogP contribution < -0.4 is 0 Å². The highest BCUT2D eigenvalue weighted by Crippen LogP contribution is 2.10. The van der Waals surface area contributed by atoms with Crippen molar-refractivity contribution < 1.29 is 0 Å². The maximum atomic E-state index is 4.23. The summed E-state index contributed by atoms with van der Waals surface area (Å²) in [5, 5.41) is 0. The maximum Gasteiger partial charge on any atom is -0.00979 e. The molecule has 1 heteroatoms. The number of hydrogen-bond acceptors (Lipinski definition) is 1. The highest BCUT2D eigenvalue weighted by Gasteiger charge is 1.91. The number of hydrogen-bond donors (Lipinski definition) is 1. The standard InChI is InChI=1S/C16H32S/c1-2-3-4-5-6-7-8-9-10-11-12-13-14-15-16-17/h5-6,17H,2-4,7-16H2,1H3. The lowest BCUT2D eigenvalue weighted by molar-refractivity contribution is 0.578. The molecule has 102 valence electrons. The first-order chi connectivity index (χ1) is 8.41. The fourth-order valence-electron chi connectivity index (χ4n) is 1.99. The Labute approximate surface area is 115 Å². The Bertz CT molecular complexity index is 152. The molecule has 0 aliphatic carbocycles. The van der Waals surface area contributed by atoms with Gasteiger partial charge in [-0.2, -0.15) is 12.6 Å². The highest BCUT2D eigenvalue weighted by atomic mass is 32.1. The number of thiol groups is 1. The summed E-state index contributed by atoms with van der Waals surface area (Å²) in [6.07, 6.45) is 21.2. The lowest BCUT2D eigenvalue weighted by atomic mass is 10.1. The molecular weight excluding hydrogens is 224 g/mol. The van der Waals surface area contributed by atoms with Gasteiger partial charge in [0.25, 0.3) is 0 Å². The molecule has 0 heterocycles. The van der Waals surface area contributed by atoms with Gasteiger partial charge in [-0.05, 0) is 31.4 Å². The first kappa shape index (κ1) is 17.1. The van der Waals surface area contributed by atoms with Gasteiger partial charge in [0.1, 0.15) is 0 Å². The summed E-state index contributed by atoms with van der Waals surface area (Å²) in [5.41, 5.74) is 0. The van der Waals surface area contributed by atoms with Crippen LogP contribution in [0.5, 0.6) is 0 Å². The van der Waals surface area contributed by atoms with Crippen LogP contribution in [0.25, 0.3) is 0 Å². The van der Waals surface area contributed by atoms with Crippen LogP contribution in [0, 0.1) is 0 Å². The van der Waals surface area contributed by atoms with Gasteiger partial charge in [-0.15, -0.1) is 0 Å². The van der Waals surface area contributed by atoms with E-state index in [-0.39, 0.29) is 0 Å². The van der Waals surface area contributed by atoms with E-state index in [0.717, 1.165) is 5.75 Å². The van der Waals surface area contributed by atoms with Crippen LogP contribution in [0.3, 0.4) is 0 Å². The Morgan fingerprint density at radius 1 is 0.647 bits per heavy atom. The van der Waals surface area contributed by atoms with Gasteiger partial charge in [0, 0.05) is 0 Å². The molecule has 0 radical (unpaired) electrons. The van der Waals surface area contributed by atoms with Crippen molar-refractivity contribution in [1.29, 1.82) is 0 Å².